The predicted molar refractivity (Wildman–Crippen MR) is 110 cm³/mol. The van der Waals surface area contributed by atoms with Crippen molar-refractivity contribution in [1.82, 2.24) is 18.7 Å². The Kier molecular flexibility index (Phi) is 6.04. The van der Waals surface area contributed by atoms with Crippen molar-refractivity contribution in [3.05, 3.63) is 32.5 Å². The molecule has 154 valence electrons. The first-order valence-corrected chi connectivity index (χ1v) is 9.80. The first kappa shape index (κ1) is 20.3. The van der Waals surface area contributed by atoms with Crippen LogP contribution in [0.3, 0.4) is 0 Å². The van der Waals surface area contributed by atoms with Crippen molar-refractivity contribution in [3.8, 4) is 0 Å². The molecule has 1 saturated heterocycles. The summed E-state index contributed by atoms with van der Waals surface area (Å²) in [5.74, 6) is 0.676. The second kappa shape index (κ2) is 8.32. The zero-order valence-corrected chi connectivity index (χ0v) is 16.9. The van der Waals surface area contributed by atoms with Crippen LogP contribution in [0.15, 0.2) is 21.2 Å². The zero-order chi connectivity index (χ0) is 20.4. The van der Waals surface area contributed by atoms with Crippen LogP contribution in [-0.4, -0.2) is 49.5 Å². The summed E-state index contributed by atoms with van der Waals surface area (Å²) >= 11 is 0. The molecule has 3 rings (SSSR count). The van der Waals surface area contributed by atoms with Crippen LogP contribution in [0.2, 0.25) is 0 Å². The van der Waals surface area contributed by atoms with Crippen LogP contribution in [0.4, 0.5) is 5.95 Å². The molecule has 0 aromatic carbocycles. The van der Waals surface area contributed by atoms with E-state index in [4.69, 9.17) is 15.8 Å². The molecule has 1 unspecified atom stereocenters. The molecule has 3 heterocycles. The minimum atomic E-state index is -0.417. The molecule has 0 bridgehead atoms. The van der Waals surface area contributed by atoms with Gasteiger partial charge in [0.05, 0.1) is 0 Å². The van der Waals surface area contributed by atoms with Crippen LogP contribution < -0.4 is 21.9 Å². The number of aromatic nitrogens is 4. The second-order valence-corrected chi connectivity index (χ2v) is 7.70. The normalized spacial score (nSPS) is 17.3. The first-order chi connectivity index (χ1) is 13.3. The van der Waals surface area contributed by atoms with Crippen molar-refractivity contribution < 1.29 is 5.11 Å². The number of piperidine rings is 1. The molecule has 9 heteroatoms. The van der Waals surface area contributed by atoms with Crippen molar-refractivity contribution in [2.75, 3.05) is 24.6 Å². The van der Waals surface area contributed by atoms with Gasteiger partial charge in [0.1, 0.15) is 0 Å². The topological polar surface area (TPSA) is 111 Å². The fourth-order valence-corrected chi connectivity index (χ4v) is 3.67. The Morgan fingerprint density at radius 3 is 2.71 bits per heavy atom. The van der Waals surface area contributed by atoms with E-state index in [-0.39, 0.29) is 24.8 Å². The predicted octanol–water partition coefficient (Wildman–Crippen LogP) is 0.173. The van der Waals surface area contributed by atoms with Gasteiger partial charge in [0, 0.05) is 45.9 Å². The van der Waals surface area contributed by atoms with Gasteiger partial charge >= 0.3 is 5.69 Å². The average molecular weight is 390 g/mol. The molecule has 9 nitrogen and oxygen atoms in total. The van der Waals surface area contributed by atoms with Crippen molar-refractivity contribution in [2.24, 2.45) is 12.8 Å². The van der Waals surface area contributed by atoms with E-state index in [9.17, 15) is 9.59 Å². The van der Waals surface area contributed by atoms with Gasteiger partial charge in [-0.3, -0.25) is 13.9 Å². The molecule has 1 aliphatic rings. The number of aliphatic hydroxyl groups is 1. The van der Waals surface area contributed by atoms with E-state index in [1.165, 1.54) is 9.13 Å². The SMILES string of the molecule is CC(C)=CCn1c(N2CCCC(N)C2)nc2c1c(=O)n(CCCO)c(=O)n2C. The number of aliphatic hydroxyl groups excluding tert-OH is 1. The summed E-state index contributed by atoms with van der Waals surface area (Å²) in [5, 5.41) is 9.12. The Morgan fingerprint density at radius 2 is 2.07 bits per heavy atom. The molecular weight excluding hydrogens is 360 g/mol. The summed E-state index contributed by atoms with van der Waals surface area (Å²) in [6.07, 6.45) is 4.32. The number of fused-ring (bicyclic) bond motifs is 1. The van der Waals surface area contributed by atoms with Gasteiger partial charge in [-0.15, -0.1) is 0 Å². The average Bonchev–Trinajstić information content (AvgIpc) is 3.04. The van der Waals surface area contributed by atoms with Crippen molar-refractivity contribution in [3.63, 3.8) is 0 Å². The number of nitrogens with zero attached hydrogens (tertiary/aromatic N) is 5. The molecule has 0 radical (unpaired) electrons. The third-order valence-electron chi connectivity index (χ3n) is 5.17. The van der Waals surface area contributed by atoms with E-state index < -0.39 is 5.69 Å². The zero-order valence-electron chi connectivity index (χ0n) is 16.9. The fourth-order valence-electron chi connectivity index (χ4n) is 3.67. The van der Waals surface area contributed by atoms with Crippen LogP contribution in [0, 0.1) is 0 Å². The maximum atomic E-state index is 13.2. The molecular formula is C19H30N6O3. The van der Waals surface area contributed by atoms with Crippen LogP contribution in [0.25, 0.3) is 11.2 Å². The highest BCUT2D eigenvalue weighted by Crippen LogP contribution is 2.23. The minimum Gasteiger partial charge on any atom is -0.396 e. The molecule has 1 fully saturated rings. The number of nitrogens with two attached hydrogens (primary N) is 1. The van der Waals surface area contributed by atoms with Crippen molar-refractivity contribution in [1.29, 1.82) is 0 Å². The van der Waals surface area contributed by atoms with E-state index in [1.807, 2.05) is 24.5 Å². The number of allylic oxidation sites excluding steroid dienone is 2. The lowest BCUT2D eigenvalue weighted by Gasteiger charge is -2.31. The lowest BCUT2D eigenvalue weighted by atomic mass is 10.1. The van der Waals surface area contributed by atoms with E-state index in [1.54, 1.807) is 7.05 Å². The van der Waals surface area contributed by atoms with Crippen LogP contribution in [-0.2, 0) is 20.1 Å². The van der Waals surface area contributed by atoms with Crippen LogP contribution in [0.5, 0.6) is 0 Å². The second-order valence-electron chi connectivity index (χ2n) is 7.70. The first-order valence-electron chi connectivity index (χ1n) is 9.80. The summed E-state index contributed by atoms with van der Waals surface area (Å²) in [7, 11) is 1.63. The lowest BCUT2D eigenvalue weighted by Crippen LogP contribution is -2.44. The third-order valence-corrected chi connectivity index (χ3v) is 5.17. The summed E-state index contributed by atoms with van der Waals surface area (Å²) < 4.78 is 4.49. The Balaban J connectivity index is 2.25. The van der Waals surface area contributed by atoms with Gasteiger partial charge in [0.15, 0.2) is 11.2 Å². The Morgan fingerprint density at radius 1 is 1.32 bits per heavy atom. The quantitative estimate of drug-likeness (QED) is 0.681. The number of aryl methyl sites for hydroxylation is 1. The molecule has 0 aliphatic carbocycles. The maximum absolute atomic E-state index is 13.2. The van der Waals surface area contributed by atoms with Gasteiger partial charge < -0.3 is 20.3 Å². The van der Waals surface area contributed by atoms with Gasteiger partial charge in [-0.1, -0.05) is 11.6 Å². The Bertz CT molecular complexity index is 996. The molecule has 0 saturated carbocycles. The highest BCUT2D eigenvalue weighted by atomic mass is 16.3. The molecule has 0 amide bonds. The standard InChI is InChI=1S/C19H30N6O3/c1-13(2)7-10-24-15-16(21-18(24)23-8-4-6-14(20)12-23)22(3)19(28)25(17(15)27)9-5-11-26/h7,14,26H,4-6,8-12,20H2,1-3H3. The monoisotopic (exact) mass is 390 g/mol. The highest BCUT2D eigenvalue weighted by molar-refractivity contribution is 5.74. The molecule has 28 heavy (non-hydrogen) atoms. The number of imidazole rings is 1. The molecule has 3 N–H and O–H groups in total. The highest BCUT2D eigenvalue weighted by Gasteiger charge is 2.25. The maximum Gasteiger partial charge on any atom is 0.332 e. The molecule has 1 aliphatic heterocycles. The number of anilines is 1. The van der Waals surface area contributed by atoms with Crippen LogP contribution in [0.1, 0.15) is 33.1 Å². The smallest absolute Gasteiger partial charge is 0.332 e. The molecule has 2 aromatic heterocycles. The third kappa shape index (κ3) is 3.77. The summed E-state index contributed by atoms with van der Waals surface area (Å²) in [6.45, 7) is 6.09. The van der Waals surface area contributed by atoms with Crippen molar-refractivity contribution >= 4 is 17.1 Å². The Labute approximate surface area is 163 Å². The van der Waals surface area contributed by atoms with Gasteiger partial charge in [0.25, 0.3) is 5.56 Å². The Hall–Kier alpha value is -2.39. The largest absolute Gasteiger partial charge is 0.396 e. The van der Waals surface area contributed by atoms with Gasteiger partial charge in [0.2, 0.25) is 5.95 Å². The van der Waals surface area contributed by atoms with Gasteiger partial charge in [-0.2, -0.15) is 4.98 Å². The van der Waals surface area contributed by atoms with E-state index >= 15 is 0 Å². The fraction of sp³-hybridized carbons (Fsp3) is 0.632. The minimum absolute atomic E-state index is 0.0653. The van der Waals surface area contributed by atoms with E-state index in [0.717, 1.165) is 25.0 Å². The molecule has 0 spiro atoms. The lowest BCUT2D eigenvalue weighted by molar-refractivity contribution is 0.277. The molecule has 1 atom stereocenters. The van der Waals surface area contributed by atoms with Gasteiger partial charge in [-0.05, 0) is 33.1 Å². The van der Waals surface area contributed by atoms with Crippen molar-refractivity contribution in [2.45, 2.75) is 52.2 Å². The van der Waals surface area contributed by atoms with E-state index in [2.05, 4.69) is 4.90 Å². The number of hydrogen-bond donors (Lipinski definition) is 2. The summed E-state index contributed by atoms with van der Waals surface area (Å²) in [6, 6.07) is 0.0653. The van der Waals surface area contributed by atoms with Gasteiger partial charge in [-0.25, -0.2) is 4.79 Å². The number of hydrogen-bond acceptors (Lipinski definition) is 6. The summed E-state index contributed by atoms with van der Waals surface area (Å²) in [4.78, 5) is 32.7. The molecule has 2 aromatic rings. The number of rotatable bonds is 6. The van der Waals surface area contributed by atoms with E-state index in [0.29, 0.717) is 36.6 Å². The summed E-state index contributed by atoms with van der Waals surface area (Å²) in [5.41, 5.74) is 7.30. The van der Waals surface area contributed by atoms with Crippen LogP contribution >= 0.6 is 0 Å².